The number of fused-ring (bicyclic) bond motifs is 2. The van der Waals surface area contributed by atoms with Gasteiger partial charge in [-0.1, -0.05) is 18.2 Å². The van der Waals surface area contributed by atoms with E-state index < -0.39 is 23.4 Å². The van der Waals surface area contributed by atoms with Gasteiger partial charge in [0.2, 0.25) is 0 Å². The summed E-state index contributed by atoms with van der Waals surface area (Å²) < 4.78 is 71.9. The van der Waals surface area contributed by atoms with E-state index in [2.05, 4.69) is 9.97 Å². The Hall–Kier alpha value is -4.21. The van der Waals surface area contributed by atoms with Gasteiger partial charge < -0.3 is 9.88 Å². The number of rotatable bonds is 3. The lowest BCUT2D eigenvalue weighted by Crippen LogP contribution is -2.32. The fourth-order valence-corrected chi connectivity index (χ4v) is 5.54. The van der Waals surface area contributed by atoms with Crippen molar-refractivity contribution < 1.29 is 22.0 Å². The highest BCUT2D eigenvalue weighted by molar-refractivity contribution is 5.97. The summed E-state index contributed by atoms with van der Waals surface area (Å²) in [6, 6.07) is 9.60. The fraction of sp³-hybridized carbons (Fsp3) is 0.241. The van der Waals surface area contributed by atoms with Crippen molar-refractivity contribution in [2.75, 3.05) is 11.4 Å². The molecule has 6 rings (SSSR count). The summed E-state index contributed by atoms with van der Waals surface area (Å²) >= 11 is 0. The maximum absolute atomic E-state index is 15.9. The normalized spacial score (nSPS) is 13.8. The van der Waals surface area contributed by atoms with Crippen LogP contribution in [0.1, 0.15) is 33.5 Å². The summed E-state index contributed by atoms with van der Waals surface area (Å²) in [6.45, 7) is 6.13. The van der Waals surface area contributed by atoms with E-state index in [-0.39, 0.29) is 12.4 Å². The molecule has 0 saturated heterocycles. The Labute approximate surface area is 220 Å². The van der Waals surface area contributed by atoms with Crippen LogP contribution in [-0.4, -0.2) is 26.3 Å². The number of benzene rings is 2. The Morgan fingerprint density at radius 1 is 0.949 bits per heavy atom. The predicted molar refractivity (Wildman–Crippen MR) is 139 cm³/mol. The zero-order valence-corrected chi connectivity index (χ0v) is 21.4. The SMILES string of the molecule is Cc1cccc(C)c1-n1nc2c(c1-c1c(F)cc(C)c3[nH]ccc13)CN(c1ncc(C(F)(F)F)cc1F)CC2. The van der Waals surface area contributed by atoms with Crippen LogP contribution < -0.4 is 4.90 Å². The number of hydrogen-bond donors (Lipinski definition) is 1. The molecule has 0 radical (unpaired) electrons. The molecular weight excluding hydrogens is 513 g/mol. The largest absolute Gasteiger partial charge is 0.417 e. The van der Waals surface area contributed by atoms with E-state index in [0.29, 0.717) is 47.4 Å². The van der Waals surface area contributed by atoms with Gasteiger partial charge in [0.15, 0.2) is 11.6 Å². The zero-order chi connectivity index (χ0) is 27.6. The quantitative estimate of drug-likeness (QED) is 0.248. The lowest BCUT2D eigenvalue weighted by Gasteiger charge is -2.28. The van der Waals surface area contributed by atoms with Crippen molar-refractivity contribution in [3.8, 4) is 16.9 Å². The van der Waals surface area contributed by atoms with Crippen LogP contribution >= 0.6 is 0 Å². The summed E-state index contributed by atoms with van der Waals surface area (Å²) in [7, 11) is 0. The van der Waals surface area contributed by atoms with E-state index in [9.17, 15) is 17.6 Å². The molecule has 0 unspecified atom stereocenters. The molecule has 200 valence electrons. The van der Waals surface area contributed by atoms with Crippen LogP contribution in [0.3, 0.4) is 0 Å². The van der Waals surface area contributed by atoms with Crippen LogP contribution in [0, 0.1) is 32.4 Å². The molecule has 1 N–H and O–H groups in total. The van der Waals surface area contributed by atoms with Crippen molar-refractivity contribution in [2.45, 2.75) is 39.9 Å². The van der Waals surface area contributed by atoms with Gasteiger partial charge in [-0.2, -0.15) is 18.3 Å². The summed E-state index contributed by atoms with van der Waals surface area (Å²) in [5.41, 5.74) is 5.38. The van der Waals surface area contributed by atoms with Gasteiger partial charge in [-0.3, -0.25) is 0 Å². The molecular formula is C29H24F5N5. The summed E-state index contributed by atoms with van der Waals surface area (Å²) in [5, 5.41) is 5.60. The molecule has 10 heteroatoms. The minimum absolute atomic E-state index is 0.101. The second-order valence-electron chi connectivity index (χ2n) is 9.94. The van der Waals surface area contributed by atoms with E-state index in [1.165, 1.54) is 6.07 Å². The third-order valence-electron chi connectivity index (χ3n) is 7.36. The molecule has 0 atom stereocenters. The average molecular weight is 538 g/mol. The van der Waals surface area contributed by atoms with E-state index in [0.717, 1.165) is 33.6 Å². The lowest BCUT2D eigenvalue weighted by molar-refractivity contribution is -0.138. The second-order valence-corrected chi connectivity index (χ2v) is 9.94. The van der Waals surface area contributed by atoms with Crippen LogP contribution in [0.5, 0.6) is 0 Å². The molecule has 0 aliphatic carbocycles. The van der Waals surface area contributed by atoms with Crippen LogP contribution in [0.15, 0.2) is 48.8 Å². The van der Waals surface area contributed by atoms with Gasteiger partial charge >= 0.3 is 6.18 Å². The molecule has 4 heterocycles. The smallest absolute Gasteiger partial charge is 0.361 e. The number of halogens is 5. The number of alkyl halides is 3. The van der Waals surface area contributed by atoms with Crippen LogP contribution in [-0.2, 0) is 19.1 Å². The molecule has 0 fully saturated rings. The number of aryl methyl sites for hydroxylation is 3. The maximum Gasteiger partial charge on any atom is 0.417 e. The first-order valence-corrected chi connectivity index (χ1v) is 12.5. The van der Waals surface area contributed by atoms with Crippen molar-refractivity contribution in [1.82, 2.24) is 19.7 Å². The molecule has 5 nitrogen and oxygen atoms in total. The number of aromatic amines is 1. The van der Waals surface area contributed by atoms with Crippen molar-refractivity contribution in [3.05, 3.63) is 93.9 Å². The molecule has 5 aromatic rings. The van der Waals surface area contributed by atoms with E-state index >= 15 is 4.39 Å². The van der Waals surface area contributed by atoms with E-state index in [4.69, 9.17) is 5.10 Å². The molecule has 0 spiro atoms. The van der Waals surface area contributed by atoms with Crippen LogP contribution in [0.25, 0.3) is 27.8 Å². The van der Waals surface area contributed by atoms with Gasteiger partial charge in [0, 0.05) is 53.9 Å². The summed E-state index contributed by atoms with van der Waals surface area (Å²) in [5.74, 6) is -1.67. The molecule has 1 aliphatic heterocycles. The van der Waals surface area contributed by atoms with Crippen LogP contribution in [0.4, 0.5) is 27.8 Å². The number of aromatic nitrogens is 4. The Balaban J connectivity index is 1.57. The molecule has 2 aromatic carbocycles. The number of nitrogens with zero attached hydrogens (tertiary/aromatic N) is 4. The molecule has 0 bridgehead atoms. The minimum atomic E-state index is -4.70. The number of nitrogens with one attached hydrogen (secondary N) is 1. The van der Waals surface area contributed by atoms with Gasteiger partial charge in [0.1, 0.15) is 5.82 Å². The van der Waals surface area contributed by atoms with Crippen molar-refractivity contribution in [1.29, 1.82) is 0 Å². The monoisotopic (exact) mass is 537 g/mol. The zero-order valence-electron chi connectivity index (χ0n) is 21.4. The Morgan fingerprint density at radius 3 is 2.38 bits per heavy atom. The van der Waals surface area contributed by atoms with Crippen molar-refractivity contribution in [2.24, 2.45) is 0 Å². The number of pyridine rings is 1. The first-order valence-electron chi connectivity index (χ1n) is 12.5. The molecule has 0 saturated carbocycles. The molecule has 3 aromatic heterocycles. The lowest BCUT2D eigenvalue weighted by atomic mass is 9.96. The Kier molecular flexibility index (Phi) is 5.74. The maximum atomic E-state index is 15.9. The number of para-hydroxylation sites is 1. The average Bonchev–Trinajstić information content (AvgIpc) is 3.49. The van der Waals surface area contributed by atoms with Gasteiger partial charge in [-0.15, -0.1) is 0 Å². The number of hydrogen-bond acceptors (Lipinski definition) is 3. The standard InChI is InChI=1S/C29H24F5N5/c1-15-5-4-6-16(2)26(15)39-27(24-19-7-9-35-25(19)17(3)11-21(24)30)20-14-38(10-8-23(20)37-39)28-22(31)12-18(13-36-28)29(32,33)34/h4-7,9,11-13,35H,8,10,14H2,1-3H3. The minimum Gasteiger partial charge on any atom is -0.361 e. The number of H-pyrrole nitrogens is 1. The van der Waals surface area contributed by atoms with Gasteiger partial charge in [0.25, 0.3) is 0 Å². The summed E-state index contributed by atoms with van der Waals surface area (Å²) in [6.07, 6.45) is -1.93. The van der Waals surface area contributed by atoms with Crippen LogP contribution in [0.2, 0.25) is 0 Å². The van der Waals surface area contributed by atoms with Crippen molar-refractivity contribution in [3.63, 3.8) is 0 Å². The van der Waals surface area contributed by atoms with Crippen molar-refractivity contribution >= 4 is 16.7 Å². The molecule has 0 amide bonds. The predicted octanol–water partition coefficient (Wildman–Crippen LogP) is 7.20. The van der Waals surface area contributed by atoms with Gasteiger partial charge in [-0.05, 0) is 55.7 Å². The third-order valence-corrected chi connectivity index (χ3v) is 7.36. The highest BCUT2D eigenvalue weighted by atomic mass is 19.4. The Bertz CT molecular complexity index is 1730. The fourth-order valence-electron chi connectivity index (χ4n) is 5.54. The molecule has 1 aliphatic rings. The van der Waals surface area contributed by atoms with Gasteiger partial charge in [0.05, 0.1) is 22.6 Å². The number of anilines is 1. The second kappa shape index (κ2) is 8.93. The summed E-state index contributed by atoms with van der Waals surface area (Å²) in [4.78, 5) is 8.59. The molecule has 39 heavy (non-hydrogen) atoms. The van der Waals surface area contributed by atoms with E-state index in [1.807, 2.05) is 45.0 Å². The Morgan fingerprint density at radius 2 is 1.69 bits per heavy atom. The topological polar surface area (TPSA) is 49.7 Å². The van der Waals surface area contributed by atoms with Gasteiger partial charge in [-0.25, -0.2) is 18.4 Å². The highest BCUT2D eigenvalue weighted by Crippen LogP contribution is 2.41. The van der Waals surface area contributed by atoms with E-state index in [1.54, 1.807) is 15.8 Å². The highest BCUT2D eigenvalue weighted by Gasteiger charge is 2.34. The first kappa shape index (κ1) is 25.1. The third kappa shape index (κ3) is 4.05. The first-order chi connectivity index (χ1) is 18.5.